The Kier molecular flexibility index (Phi) is 3.22. The van der Waals surface area contributed by atoms with Gasteiger partial charge < -0.3 is 5.32 Å². The molecule has 1 fully saturated rings. The van der Waals surface area contributed by atoms with Gasteiger partial charge in [0.15, 0.2) is 0 Å². The molecule has 1 N–H and O–H groups in total. The van der Waals surface area contributed by atoms with Gasteiger partial charge in [0.25, 0.3) is 0 Å². The van der Waals surface area contributed by atoms with Crippen molar-refractivity contribution in [1.82, 2.24) is 15.0 Å². The number of hydrogen-bond donors (Lipinski definition) is 1. The van der Waals surface area contributed by atoms with E-state index in [4.69, 9.17) is 23.2 Å². The Morgan fingerprint density at radius 3 is 2.31 bits per heavy atom. The SMILES string of the molecule is CC1(C)CCC(Nc2nc(Cl)nc(Cl)n2)C1. The average Bonchev–Trinajstić information content (AvgIpc) is 2.43. The number of hydrogen-bond acceptors (Lipinski definition) is 4. The van der Waals surface area contributed by atoms with Gasteiger partial charge in [0.05, 0.1) is 0 Å². The average molecular weight is 261 g/mol. The molecule has 88 valence electrons. The molecule has 0 amide bonds. The highest BCUT2D eigenvalue weighted by Crippen LogP contribution is 2.37. The van der Waals surface area contributed by atoms with Gasteiger partial charge in [-0.25, -0.2) is 0 Å². The summed E-state index contributed by atoms with van der Waals surface area (Å²) in [5, 5.41) is 3.50. The molecule has 1 heterocycles. The van der Waals surface area contributed by atoms with Crippen LogP contribution in [0.25, 0.3) is 0 Å². The van der Waals surface area contributed by atoms with Gasteiger partial charge in [0.1, 0.15) is 0 Å². The molecule has 0 aliphatic heterocycles. The zero-order chi connectivity index (χ0) is 11.8. The maximum absolute atomic E-state index is 5.70. The van der Waals surface area contributed by atoms with Crippen molar-refractivity contribution in [3.63, 3.8) is 0 Å². The zero-order valence-electron chi connectivity index (χ0n) is 9.30. The molecule has 16 heavy (non-hydrogen) atoms. The third-order valence-corrected chi connectivity index (χ3v) is 3.22. The Balaban J connectivity index is 2.05. The molecule has 1 aromatic heterocycles. The van der Waals surface area contributed by atoms with E-state index in [1.807, 2.05) is 0 Å². The molecule has 0 spiro atoms. The molecule has 0 aromatic carbocycles. The predicted octanol–water partition coefficient (Wildman–Crippen LogP) is 3.17. The maximum Gasteiger partial charge on any atom is 0.228 e. The van der Waals surface area contributed by atoms with Crippen molar-refractivity contribution in [2.24, 2.45) is 5.41 Å². The van der Waals surface area contributed by atoms with Crippen molar-refractivity contribution < 1.29 is 0 Å². The minimum absolute atomic E-state index is 0.125. The minimum atomic E-state index is 0.125. The topological polar surface area (TPSA) is 50.7 Å². The second kappa shape index (κ2) is 4.34. The Morgan fingerprint density at radius 2 is 1.81 bits per heavy atom. The predicted molar refractivity (Wildman–Crippen MR) is 64.9 cm³/mol. The van der Waals surface area contributed by atoms with E-state index in [-0.39, 0.29) is 10.6 Å². The number of nitrogens with zero attached hydrogens (tertiary/aromatic N) is 3. The van der Waals surface area contributed by atoms with Crippen LogP contribution in [0.3, 0.4) is 0 Å². The molecule has 0 bridgehead atoms. The summed E-state index contributed by atoms with van der Waals surface area (Å²) in [6.07, 6.45) is 3.43. The van der Waals surface area contributed by atoms with Crippen LogP contribution >= 0.6 is 23.2 Å². The highest BCUT2D eigenvalue weighted by molar-refractivity contribution is 6.31. The van der Waals surface area contributed by atoms with Gasteiger partial charge in [-0.2, -0.15) is 15.0 Å². The number of halogens is 2. The van der Waals surface area contributed by atoms with Crippen molar-refractivity contribution >= 4 is 29.2 Å². The van der Waals surface area contributed by atoms with E-state index >= 15 is 0 Å². The summed E-state index contributed by atoms with van der Waals surface area (Å²) in [6.45, 7) is 4.53. The molecule has 1 unspecified atom stereocenters. The number of aromatic nitrogens is 3. The Labute approximate surface area is 105 Å². The van der Waals surface area contributed by atoms with Crippen LogP contribution in [0.2, 0.25) is 10.6 Å². The van der Waals surface area contributed by atoms with Crippen molar-refractivity contribution in [2.45, 2.75) is 39.2 Å². The van der Waals surface area contributed by atoms with E-state index in [0.29, 0.717) is 17.4 Å². The number of anilines is 1. The fourth-order valence-electron chi connectivity index (χ4n) is 2.13. The lowest BCUT2D eigenvalue weighted by Crippen LogP contribution is -2.19. The second-order valence-electron chi connectivity index (χ2n) is 4.95. The Bertz CT molecular complexity index is 374. The fourth-order valence-corrected chi connectivity index (χ4v) is 2.50. The highest BCUT2D eigenvalue weighted by Gasteiger charge is 2.31. The minimum Gasteiger partial charge on any atom is -0.351 e. The summed E-state index contributed by atoms with van der Waals surface area (Å²) in [5.74, 6) is 0.465. The third kappa shape index (κ3) is 2.95. The first-order valence-corrected chi connectivity index (χ1v) is 6.04. The van der Waals surface area contributed by atoms with Crippen LogP contribution in [0.1, 0.15) is 33.1 Å². The Morgan fingerprint density at radius 1 is 1.19 bits per heavy atom. The molecule has 0 saturated heterocycles. The summed E-state index contributed by atoms with van der Waals surface area (Å²) >= 11 is 11.4. The summed E-state index contributed by atoms with van der Waals surface area (Å²) in [6, 6.07) is 0.393. The van der Waals surface area contributed by atoms with Gasteiger partial charge in [0, 0.05) is 6.04 Å². The maximum atomic E-state index is 5.70. The van der Waals surface area contributed by atoms with Crippen molar-refractivity contribution in [3.05, 3.63) is 10.6 Å². The molecule has 2 rings (SSSR count). The summed E-state index contributed by atoms with van der Waals surface area (Å²) in [7, 11) is 0. The quantitative estimate of drug-likeness (QED) is 0.888. The fraction of sp³-hybridized carbons (Fsp3) is 0.700. The molecule has 1 atom stereocenters. The molecule has 1 saturated carbocycles. The largest absolute Gasteiger partial charge is 0.351 e. The van der Waals surface area contributed by atoms with E-state index in [1.165, 1.54) is 6.42 Å². The van der Waals surface area contributed by atoms with E-state index < -0.39 is 0 Å². The van der Waals surface area contributed by atoms with Crippen LogP contribution < -0.4 is 5.32 Å². The van der Waals surface area contributed by atoms with Gasteiger partial charge >= 0.3 is 0 Å². The van der Waals surface area contributed by atoms with Crippen LogP contribution in [0, 0.1) is 5.41 Å². The molecular formula is C10H14Cl2N4. The summed E-state index contributed by atoms with van der Waals surface area (Å²) in [5.41, 5.74) is 0.387. The first-order chi connectivity index (χ1) is 7.44. The zero-order valence-corrected chi connectivity index (χ0v) is 10.8. The van der Waals surface area contributed by atoms with Crippen molar-refractivity contribution in [2.75, 3.05) is 5.32 Å². The molecule has 6 heteroatoms. The lowest BCUT2D eigenvalue weighted by atomic mass is 9.92. The van der Waals surface area contributed by atoms with Gasteiger partial charge in [-0.15, -0.1) is 0 Å². The molecule has 4 nitrogen and oxygen atoms in total. The molecule has 1 aliphatic rings. The third-order valence-electron chi connectivity index (χ3n) is 2.88. The molecule has 1 aromatic rings. The molecule has 0 radical (unpaired) electrons. The lowest BCUT2D eigenvalue weighted by molar-refractivity contribution is 0.378. The van der Waals surface area contributed by atoms with Crippen LogP contribution in [0.4, 0.5) is 5.95 Å². The lowest BCUT2D eigenvalue weighted by Gasteiger charge is -2.17. The van der Waals surface area contributed by atoms with Gasteiger partial charge in [0.2, 0.25) is 16.5 Å². The molecule has 1 aliphatic carbocycles. The van der Waals surface area contributed by atoms with E-state index in [2.05, 4.69) is 34.1 Å². The molecular weight excluding hydrogens is 247 g/mol. The van der Waals surface area contributed by atoms with Crippen LogP contribution in [-0.4, -0.2) is 21.0 Å². The summed E-state index contributed by atoms with van der Waals surface area (Å²) in [4.78, 5) is 11.7. The summed E-state index contributed by atoms with van der Waals surface area (Å²) < 4.78 is 0. The highest BCUT2D eigenvalue weighted by atomic mass is 35.5. The van der Waals surface area contributed by atoms with Crippen molar-refractivity contribution in [3.8, 4) is 0 Å². The van der Waals surface area contributed by atoms with Crippen molar-refractivity contribution in [1.29, 1.82) is 0 Å². The normalized spacial score (nSPS) is 23.4. The number of nitrogens with one attached hydrogen (secondary N) is 1. The second-order valence-corrected chi connectivity index (χ2v) is 5.62. The number of rotatable bonds is 2. The monoisotopic (exact) mass is 260 g/mol. The Hall–Kier alpha value is -0.610. The standard InChI is InChI=1S/C10H14Cl2N4/c1-10(2)4-3-6(5-10)13-9-15-7(11)14-8(12)16-9/h6H,3-5H2,1-2H3,(H,13,14,15,16). The van der Waals surface area contributed by atoms with Gasteiger partial charge in [-0.05, 0) is 47.9 Å². The van der Waals surface area contributed by atoms with Crippen LogP contribution in [-0.2, 0) is 0 Å². The first kappa shape index (κ1) is 11.9. The smallest absolute Gasteiger partial charge is 0.228 e. The van der Waals surface area contributed by atoms with E-state index in [1.54, 1.807) is 0 Å². The van der Waals surface area contributed by atoms with E-state index in [9.17, 15) is 0 Å². The van der Waals surface area contributed by atoms with Crippen LogP contribution in [0.5, 0.6) is 0 Å². The van der Waals surface area contributed by atoms with Crippen LogP contribution in [0.15, 0.2) is 0 Å². The van der Waals surface area contributed by atoms with Gasteiger partial charge in [-0.3, -0.25) is 0 Å². The first-order valence-electron chi connectivity index (χ1n) is 5.28. The van der Waals surface area contributed by atoms with E-state index in [0.717, 1.165) is 12.8 Å². The van der Waals surface area contributed by atoms with Gasteiger partial charge in [-0.1, -0.05) is 13.8 Å².